The lowest BCUT2D eigenvalue weighted by molar-refractivity contribution is -0.138. The van der Waals surface area contributed by atoms with Crippen molar-refractivity contribution >= 4 is 11.8 Å². The number of benzene rings is 2. The molecule has 0 aliphatic carbocycles. The Hall–Kier alpha value is -3.49. The molecule has 1 fully saturated rings. The largest absolute Gasteiger partial charge is 0.481 e. The van der Waals surface area contributed by atoms with E-state index in [0.717, 1.165) is 24.1 Å². The molecule has 1 N–H and O–H groups in total. The molecule has 0 radical (unpaired) electrons. The molecule has 5 nitrogen and oxygen atoms in total. The van der Waals surface area contributed by atoms with Crippen molar-refractivity contribution in [1.82, 2.24) is 9.97 Å². The van der Waals surface area contributed by atoms with Crippen molar-refractivity contribution in [3.63, 3.8) is 0 Å². The number of carboxylic acid groups (broad SMARTS) is 1. The molecule has 0 bridgehead atoms. The Morgan fingerprint density at radius 3 is 2.32 bits per heavy atom. The summed E-state index contributed by atoms with van der Waals surface area (Å²) in [5.74, 6) is -1.27. The average Bonchev–Trinajstić information content (AvgIpc) is 3.28. The Balaban J connectivity index is 1.49. The van der Waals surface area contributed by atoms with Gasteiger partial charge in [0.2, 0.25) is 0 Å². The zero-order chi connectivity index (χ0) is 24.3. The van der Waals surface area contributed by atoms with Gasteiger partial charge in [-0.3, -0.25) is 4.79 Å². The maximum Gasteiger partial charge on any atom is 0.416 e. The fourth-order valence-corrected chi connectivity index (χ4v) is 4.29. The van der Waals surface area contributed by atoms with Crippen LogP contribution in [0.4, 0.5) is 23.4 Å². The minimum absolute atomic E-state index is 0.0554. The summed E-state index contributed by atoms with van der Waals surface area (Å²) in [5.41, 5.74) is 1.85. The normalized spacial score (nSPS) is 16.1. The van der Waals surface area contributed by atoms with E-state index >= 15 is 4.39 Å². The SMILES string of the molecule is O=C(O)Cc1ccc(CCc2ncnc(N3CCC[C@H]3c3ccc(C(F)(F)F)cc3)c2F)cc1. The Labute approximate surface area is 194 Å². The lowest BCUT2D eigenvalue weighted by Crippen LogP contribution is -2.25. The molecule has 34 heavy (non-hydrogen) atoms. The van der Waals surface area contributed by atoms with Crippen LogP contribution in [0, 0.1) is 5.82 Å². The molecular formula is C25H23F4N3O2. The maximum atomic E-state index is 15.4. The minimum atomic E-state index is -4.40. The van der Waals surface area contributed by atoms with Crippen molar-refractivity contribution in [3.8, 4) is 0 Å². The maximum absolute atomic E-state index is 15.4. The molecule has 3 aromatic rings. The van der Waals surface area contributed by atoms with Crippen LogP contribution in [-0.2, 0) is 30.2 Å². The quantitative estimate of drug-likeness (QED) is 0.466. The van der Waals surface area contributed by atoms with Crippen LogP contribution in [0.5, 0.6) is 0 Å². The fourth-order valence-electron chi connectivity index (χ4n) is 4.29. The molecule has 0 saturated carbocycles. The van der Waals surface area contributed by atoms with E-state index in [9.17, 15) is 18.0 Å². The van der Waals surface area contributed by atoms with E-state index in [2.05, 4.69) is 9.97 Å². The van der Waals surface area contributed by atoms with Gasteiger partial charge in [-0.25, -0.2) is 14.4 Å². The molecule has 1 atom stereocenters. The number of aliphatic carboxylic acids is 1. The van der Waals surface area contributed by atoms with Crippen LogP contribution in [0.1, 0.15) is 46.8 Å². The third-order valence-electron chi connectivity index (χ3n) is 6.02. The minimum Gasteiger partial charge on any atom is -0.481 e. The molecule has 0 amide bonds. The first-order chi connectivity index (χ1) is 16.2. The molecule has 1 saturated heterocycles. The summed E-state index contributed by atoms with van der Waals surface area (Å²) in [6, 6.07) is 11.8. The van der Waals surface area contributed by atoms with E-state index in [1.54, 1.807) is 17.0 Å². The first-order valence-corrected chi connectivity index (χ1v) is 10.9. The number of carboxylic acids is 1. The molecule has 9 heteroatoms. The Morgan fingerprint density at radius 1 is 1.00 bits per heavy atom. The molecule has 2 heterocycles. The van der Waals surface area contributed by atoms with Crippen molar-refractivity contribution < 1.29 is 27.5 Å². The number of rotatable bonds is 7. The van der Waals surface area contributed by atoms with Crippen molar-refractivity contribution in [2.24, 2.45) is 0 Å². The van der Waals surface area contributed by atoms with Crippen LogP contribution >= 0.6 is 0 Å². The van der Waals surface area contributed by atoms with Crippen LogP contribution < -0.4 is 4.90 Å². The molecular weight excluding hydrogens is 450 g/mol. The van der Waals surface area contributed by atoms with Gasteiger partial charge >= 0.3 is 12.1 Å². The van der Waals surface area contributed by atoms with E-state index in [1.807, 2.05) is 12.1 Å². The molecule has 1 aromatic heterocycles. The third-order valence-corrected chi connectivity index (χ3v) is 6.02. The molecule has 4 rings (SSSR count). The van der Waals surface area contributed by atoms with E-state index in [1.165, 1.54) is 18.5 Å². The highest BCUT2D eigenvalue weighted by Crippen LogP contribution is 2.38. The van der Waals surface area contributed by atoms with Gasteiger partial charge in [0, 0.05) is 6.54 Å². The highest BCUT2D eigenvalue weighted by atomic mass is 19.4. The van der Waals surface area contributed by atoms with Gasteiger partial charge < -0.3 is 10.0 Å². The van der Waals surface area contributed by atoms with E-state index in [4.69, 9.17) is 5.11 Å². The lowest BCUT2D eigenvalue weighted by Gasteiger charge is -2.27. The number of hydrogen-bond acceptors (Lipinski definition) is 4. The Kier molecular flexibility index (Phi) is 6.81. The summed E-state index contributed by atoms with van der Waals surface area (Å²) in [6.07, 6.45) is -0.842. The van der Waals surface area contributed by atoms with Crippen LogP contribution in [0.2, 0.25) is 0 Å². The number of anilines is 1. The number of carbonyl (C=O) groups is 1. The number of halogens is 4. The molecule has 2 aromatic carbocycles. The second-order valence-electron chi connectivity index (χ2n) is 8.32. The van der Waals surface area contributed by atoms with Crippen LogP contribution in [-0.4, -0.2) is 27.6 Å². The van der Waals surface area contributed by atoms with Crippen LogP contribution in [0.15, 0.2) is 54.9 Å². The predicted molar refractivity (Wildman–Crippen MR) is 118 cm³/mol. The standard InChI is InChI=1S/C25H23F4N3O2/c26-23-20(12-7-16-3-5-17(6-4-16)14-22(33)34)30-15-31-24(23)32-13-1-2-21(32)18-8-10-19(11-9-18)25(27,28)29/h3-6,8-11,15,21H,1-2,7,12-14H2,(H,33,34)/t21-/m0/s1. The third kappa shape index (κ3) is 5.35. The zero-order valence-electron chi connectivity index (χ0n) is 18.2. The van der Waals surface area contributed by atoms with Crippen molar-refractivity contribution in [3.05, 3.63) is 88.6 Å². The van der Waals surface area contributed by atoms with Gasteiger partial charge in [-0.05, 0) is 54.5 Å². The Bertz CT molecular complexity index is 1150. The van der Waals surface area contributed by atoms with Gasteiger partial charge in [0.25, 0.3) is 0 Å². The molecule has 178 valence electrons. The van der Waals surface area contributed by atoms with E-state index in [0.29, 0.717) is 36.9 Å². The summed E-state index contributed by atoms with van der Waals surface area (Å²) >= 11 is 0. The number of aromatic nitrogens is 2. The van der Waals surface area contributed by atoms with E-state index in [-0.39, 0.29) is 24.0 Å². The second kappa shape index (κ2) is 9.79. The van der Waals surface area contributed by atoms with Crippen molar-refractivity contribution in [2.75, 3.05) is 11.4 Å². The topological polar surface area (TPSA) is 66.3 Å². The number of hydrogen-bond donors (Lipinski definition) is 1. The molecule has 0 unspecified atom stereocenters. The number of nitrogens with zero attached hydrogens (tertiary/aromatic N) is 3. The lowest BCUT2D eigenvalue weighted by atomic mass is 10.0. The van der Waals surface area contributed by atoms with E-state index < -0.39 is 23.5 Å². The summed E-state index contributed by atoms with van der Waals surface area (Å²) in [6.45, 7) is 0.546. The summed E-state index contributed by atoms with van der Waals surface area (Å²) in [7, 11) is 0. The van der Waals surface area contributed by atoms with Gasteiger partial charge in [-0.15, -0.1) is 0 Å². The summed E-state index contributed by atoms with van der Waals surface area (Å²) in [5, 5.41) is 8.87. The molecule has 1 aliphatic heterocycles. The highest BCUT2D eigenvalue weighted by Gasteiger charge is 2.33. The summed E-state index contributed by atoms with van der Waals surface area (Å²) in [4.78, 5) is 20.9. The first kappa shape index (κ1) is 23.7. The van der Waals surface area contributed by atoms with Gasteiger partial charge in [-0.1, -0.05) is 36.4 Å². The van der Waals surface area contributed by atoms with Gasteiger partial charge in [0.1, 0.15) is 6.33 Å². The zero-order valence-corrected chi connectivity index (χ0v) is 18.2. The molecule has 1 aliphatic rings. The predicted octanol–water partition coefficient (Wildman–Crippen LogP) is 5.39. The van der Waals surface area contributed by atoms with Crippen LogP contribution in [0.3, 0.4) is 0 Å². The van der Waals surface area contributed by atoms with Crippen LogP contribution in [0.25, 0.3) is 0 Å². The monoisotopic (exact) mass is 473 g/mol. The average molecular weight is 473 g/mol. The van der Waals surface area contributed by atoms with Crippen molar-refractivity contribution in [2.45, 2.75) is 44.3 Å². The number of aryl methyl sites for hydroxylation is 2. The van der Waals surface area contributed by atoms with Gasteiger partial charge in [0.05, 0.1) is 23.7 Å². The first-order valence-electron chi connectivity index (χ1n) is 10.9. The Morgan fingerprint density at radius 2 is 1.68 bits per heavy atom. The second-order valence-corrected chi connectivity index (χ2v) is 8.32. The molecule has 0 spiro atoms. The summed E-state index contributed by atoms with van der Waals surface area (Å²) < 4.78 is 54.1. The smallest absolute Gasteiger partial charge is 0.416 e. The highest BCUT2D eigenvalue weighted by molar-refractivity contribution is 5.70. The van der Waals surface area contributed by atoms with Gasteiger partial charge in [0.15, 0.2) is 11.6 Å². The number of alkyl halides is 3. The fraction of sp³-hybridized carbons (Fsp3) is 0.320. The van der Waals surface area contributed by atoms with Crippen molar-refractivity contribution in [1.29, 1.82) is 0 Å². The van der Waals surface area contributed by atoms with Gasteiger partial charge in [-0.2, -0.15) is 13.2 Å².